The Hall–Kier alpha value is -0.330. The van der Waals surface area contributed by atoms with Crippen molar-refractivity contribution >= 4 is 5.78 Å². The van der Waals surface area contributed by atoms with Crippen LogP contribution in [0.4, 0.5) is 0 Å². The highest BCUT2D eigenvalue weighted by molar-refractivity contribution is 5.84. The topological polar surface area (TPSA) is 17.1 Å². The molecule has 0 aromatic rings. The summed E-state index contributed by atoms with van der Waals surface area (Å²) < 4.78 is 0. The molecule has 0 aromatic heterocycles. The molecule has 0 spiro atoms. The maximum Gasteiger partial charge on any atom is 0.133 e. The lowest BCUT2D eigenvalue weighted by molar-refractivity contribution is -0.130. The van der Waals surface area contributed by atoms with Crippen molar-refractivity contribution in [1.29, 1.82) is 0 Å². The van der Waals surface area contributed by atoms with E-state index in [0.717, 1.165) is 12.8 Å². The van der Waals surface area contributed by atoms with Crippen LogP contribution in [0.1, 0.15) is 33.6 Å². The molecule has 0 aromatic carbocycles. The molecule has 0 radical (unpaired) electrons. The van der Waals surface area contributed by atoms with Crippen LogP contribution in [-0.2, 0) is 4.79 Å². The Morgan fingerprint density at radius 2 is 1.78 bits per heavy atom. The number of carbonyl (C=O) groups excluding carboxylic acids is 1. The molecule has 52 valence electrons. The van der Waals surface area contributed by atoms with Gasteiger partial charge in [-0.2, -0.15) is 0 Å². The normalized spacial score (nSPS) is 21.9. The van der Waals surface area contributed by atoms with E-state index in [9.17, 15) is 4.79 Å². The molecule has 1 rings (SSSR count). The van der Waals surface area contributed by atoms with E-state index in [1.54, 1.807) is 0 Å². The monoisotopic (exact) mass is 126 g/mol. The number of Topliss-reactive ketones (excluding diaryl/α,β-unsaturated/α-hetero) is 1. The predicted octanol–water partition coefficient (Wildman–Crippen LogP) is 2.01. The molecule has 9 heavy (non-hydrogen) atoms. The Bertz CT molecular complexity index is 122. The Morgan fingerprint density at radius 3 is 1.89 bits per heavy atom. The van der Waals surface area contributed by atoms with E-state index in [0.29, 0.717) is 17.1 Å². The standard InChI is InChI=1S/C8H14O/c1-8(2,3)6-4-7(9)5-6/h6H,4-5H2,1-3H3. The Kier molecular flexibility index (Phi) is 1.38. The highest BCUT2D eigenvalue weighted by Gasteiger charge is 2.35. The van der Waals surface area contributed by atoms with Gasteiger partial charge in [0, 0.05) is 12.8 Å². The second-order valence-electron chi connectivity index (χ2n) is 4.01. The molecular formula is C8H14O. The van der Waals surface area contributed by atoms with Gasteiger partial charge in [-0.3, -0.25) is 4.79 Å². The number of ketones is 1. The summed E-state index contributed by atoms with van der Waals surface area (Å²) in [7, 11) is 0. The minimum absolute atomic E-state index is 0.355. The van der Waals surface area contributed by atoms with Gasteiger partial charge in [-0.1, -0.05) is 20.8 Å². The van der Waals surface area contributed by atoms with E-state index in [-0.39, 0.29) is 0 Å². The molecule has 1 aliphatic rings. The molecule has 1 heteroatoms. The van der Waals surface area contributed by atoms with Crippen LogP contribution in [0.5, 0.6) is 0 Å². The lowest BCUT2D eigenvalue weighted by atomic mass is 9.68. The molecule has 0 atom stereocenters. The second kappa shape index (κ2) is 1.83. The molecule has 0 amide bonds. The van der Waals surface area contributed by atoms with Crippen LogP contribution in [0.3, 0.4) is 0 Å². The zero-order valence-electron chi connectivity index (χ0n) is 6.40. The van der Waals surface area contributed by atoms with Gasteiger partial charge < -0.3 is 0 Å². The molecule has 1 fully saturated rings. The summed E-state index contributed by atoms with van der Waals surface area (Å²) in [5.74, 6) is 1.10. The van der Waals surface area contributed by atoms with E-state index < -0.39 is 0 Å². The third-order valence-corrected chi connectivity index (χ3v) is 2.17. The smallest absolute Gasteiger partial charge is 0.133 e. The van der Waals surface area contributed by atoms with Crippen LogP contribution in [0.25, 0.3) is 0 Å². The molecule has 0 N–H and O–H groups in total. The molecular weight excluding hydrogens is 112 g/mol. The van der Waals surface area contributed by atoms with E-state index in [1.807, 2.05) is 0 Å². The summed E-state index contributed by atoms with van der Waals surface area (Å²) in [5, 5.41) is 0. The number of hydrogen-bond donors (Lipinski definition) is 0. The largest absolute Gasteiger partial charge is 0.300 e. The zero-order valence-corrected chi connectivity index (χ0v) is 6.40. The zero-order chi connectivity index (χ0) is 7.07. The minimum Gasteiger partial charge on any atom is -0.300 e. The Labute approximate surface area is 56.4 Å². The van der Waals surface area contributed by atoms with Gasteiger partial charge in [-0.05, 0) is 11.3 Å². The number of hydrogen-bond acceptors (Lipinski definition) is 1. The summed E-state index contributed by atoms with van der Waals surface area (Å²) >= 11 is 0. The maximum absolute atomic E-state index is 10.6. The van der Waals surface area contributed by atoms with E-state index >= 15 is 0 Å². The summed E-state index contributed by atoms with van der Waals surface area (Å²) in [6.45, 7) is 6.60. The first-order valence-corrected chi connectivity index (χ1v) is 3.52. The van der Waals surface area contributed by atoms with E-state index in [1.165, 1.54) is 0 Å². The van der Waals surface area contributed by atoms with E-state index in [2.05, 4.69) is 20.8 Å². The third kappa shape index (κ3) is 1.32. The summed E-state index contributed by atoms with van der Waals surface area (Å²) in [5.41, 5.74) is 0.355. The minimum atomic E-state index is 0.355. The highest BCUT2D eigenvalue weighted by Crippen LogP contribution is 2.38. The maximum atomic E-state index is 10.6. The SMILES string of the molecule is CC(C)(C)C1CC(=O)C1. The summed E-state index contributed by atoms with van der Waals surface area (Å²) in [4.78, 5) is 10.6. The fourth-order valence-electron chi connectivity index (χ4n) is 1.10. The molecule has 0 saturated heterocycles. The van der Waals surface area contributed by atoms with Gasteiger partial charge >= 0.3 is 0 Å². The van der Waals surface area contributed by atoms with Crippen LogP contribution < -0.4 is 0 Å². The molecule has 0 unspecified atom stereocenters. The summed E-state index contributed by atoms with van der Waals surface area (Å²) in [6.07, 6.45) is 1.65. The highest BCUT2D eigenvalue weighted by atomic mass is 16.1. The number of carbonyl (C=O) groups is 1. The van der Waals surface area contributed by atoms with Crippen molar-refractivity contribution in [3.63, 3.8) is 0 Å². The molecule has 1 nitrogen and oxygen atoms in total. The van der Waals surface area contributed by atoms with Gasteiger partial charge in [-0.25, -0.2) is 0 Å². The summed E-state index contributed by atoms with van der Waals surface area (Å²) in [6, 6.07) is 0. The Morgan fingerprint density at radius 1 is 1.33 bits per heavy atom. The van der Waals surface area contributed by atoms with Gasteiger partial charge in [0.05, 0.1) is 0 Å². The fraction of sp³-hybridized carbons (Fsp3) is 0.875. The second-order valence-corrected chi connectivity index (χ2v) is 4.01. The van der Waals surface area contributed by atoms with Crippen molar-refractivity contribution in [3.05, 3.63) is 0 Å². The number of rotatable bonds is 0. The first-order chi connectivity index (χ1) is 4.00. The van der Waals surface area contributed by atoms with Crippen LogP contribution in [0.2, 0.25) is 0 Å². The van der Waals surface area contributed by atoms with Crippen molar-refractivity contribution in [2.45, 2.75) is 33.6 Å². The van der Waals surface area contributed by atoms with Crippen LogP contribution in [-0.4, -0.2) is 5.78 Å². The van der Waals surface area contributed by atoms with Gasteiger partial charge in [0.2, 0.25) is 0 Å². The van der Waals surface area contributed by atoms with Crippen molar-refractivity contribution in [2.75, 3.05) is 0 Å². The van der Waals surface area contributed by atoms with Crippen LogP contribution in [0, 0.1) is 11.3 Å². The van der Waals surface area contributed by atoms with Crippen LogP contribution in [0.15, 0.2) is 0 Å². The van der Waals surface area contributed by atoms with Crippen molar-refractivity contribution in [1.82, 2.24) is 0 Å². The van der Waals surface area contributed by atoms with E-state index in [4.69, 9.17) is 0 Å². The fourth-order valence-corrected chi connectivity index (χ4v) is 1.10. The molecule has 1 saturated carbocycles. The average Bonchev–Trinajstić information content (AvgIpc) is 1.55. The lowest BCUT2D eigenvalue weighted by Gasteiger charge is -2.36. The first-order valence-electron chi connectivity index (χ1n) is 3.52. The lowest BCUT2D eigenvalue weighted by Crippen LogP contribution is -2.33. The van der Waals surface area contributed by atoms with Gasteiger partial charge in [0.1, 0.15) is 5.78 Å². The first kappa shape index (κ1) is 6.79. The third-order valence-electron chi connectivity index (χ3n) is 2.17. The van der Waals surface area contributed by atoms with Crippen LogP contribution >= 0.6 is 0 Å². The van der Waals surface area contributed by atoms with Gasteiger partial charge in [-0.15, -0.1) is 0 Å². The molecule has 0 aliphatic heterocycles. The van der Waals surface area contributed by atoms with Crippen molar-refractivity contribution < 1.29 is 4.79 Å². The average molecular weight is 126 g/mol. The predicted molar refractivity (Wildman–Crippen MR) is 37.2 cm³/mol. The van der Waals surface area contributed by atoms with Crippen molar-refractivity contribution in [3.8, 4) is 0 Å². The Balaban J connectivity index is 2.40. The van der Waals surface area contributed by atoms with Gasteiger partial charge in [0.15, 0.2) is 0 Å². The quantitative estimate of drug-likeness (QED) is 0.485. The molecule has 0 bridgehead atoms. The molecule has 0 heterocycles. The van der Waals surface area contributed by atoms with Crippen molar-refractivity contribution in [2.24, 2.45) is 11.3 Å². The van der Waals surface area contributed by atoms with Gasteiger partial charge in [0.25, 0.3) is 0 Å². The molecule has 1 aliphatic carbocycles.